The Hall–Kier alpha value is -3.17. The number of nitrogens with one attached hydrogen (secondary N) is 1. The highest BCUT2D eigenvalue weighted by atomic mass is 16.5. The Labute approximate surface area is 153 Å². The van der Waals surface area contributed by atoms with E-state index in [1.165, 1.54) is 0 Å². The second-order valence-electron chi connectivity index (χ2n) is 5.44. The van der Waals surface area contributed by atoms with Gasteiger partial charge in [-0.25, -0.2) is 0 Å². The molecule has 0 aliphatic heterocycles. The lowest BCUT2D eigenvalue weighted by Gasteiger charge is -2.13. The lowest BCUT2D eigenvalue weighted by molar-refractivity contribution is -0.119. The number of nitrogens with two attached hydrogens (primary N) is 1. The summed E-state index contributed by atoms with van der Waals surface area (Å²) in [5.41, 5.74) is 7.12. The van der Waals surface area contributed by atoms with Gasteiger partial charge in [0.25, 0.3) is 5.91 Å². The van der Waals surface area contributed by atoms with E-state index in [-0.39, 0.29) is 13.2 Å². The third-order valence-corrected chi connectivity index (χ3v) is 3.53. The Morgan fingerprint density at radius 3 is 2.65 bits per heavy atom. The fourth-order valence-electron chi connectivity index (χ4n) is 2.34. The number of hydrogen-bond donors (Lipinski definition) is 2. The second kappa shape index (κ2) is 9.97. The molecule has 0 atom stereocenters. The summed E-state index contributed by atoms with van der Waals surface area (Å²) in [4.78, 5) is 10.8. The van der Waals surface area contributed by atoms with Crippen LogP contribution in [0.5, 0.6) is 17.2 Å². The molecule has 0 aromatic heterocycles. The van der Waals surface area contributed by atoms with Gasteiger partial charge in [-0.2, -0.15) is 0 Å². The van der Waals surface area contributed by atoms with Gasteiger partial charge in [0.1, 0.15) is 12.4 Å². The van der Waals surface area contributed by atoms with Crippen LogP contribution in [0.25, 0.3) is 0 Å². The number of terminal acetylenes is 1. The maximum Gasteiger partial charge on any atom is 0.255 e. The highest BCUT2D eigenvalue weighted by Crippen LogP contribution is 2.28. The number of hydrogen-bond acceptors (Lipinski definition) is 5. The zero-order valence-corrected chi connectivity index (χ0v) is 14.7. The molecular weight excluding hydrogens is 332 g/mol. The van der Waals surface area contributed by atoms with E-state index in [0.717, 1.165) is 16.9 Å². The maximum absolute atomic E-state index is 10.8. The summed E-state index contributed by atoms with van der Waals surface area (Å²) >= 11 is 0. The van der Waals surface area contributed by atoms with Crippen LogP contribution < -0.4 is 25.3 Å². The average Bonchev–Trinajstić information content (AvgIpc) is 2.65. The first kappa shape index (κ1) is 19.2. The highest BCUT2D eigenvalue weighted by Gasteiger charge is 2.08. The number of rotatable bonds is 10. The lowest BCUT2D eigenvalue weighted by Crippen LogP contribution is -2.20. The van der Waals surface area contributed by atoms with Crippen LogP contribution in [0, 0.1) is 12.3 Å². The first-order chi connectivity index (χ1) is 12.6. The number of carbonyl (C=O) groups excluding carboxylic acids is 1. The first-order valence-corrected chi connectivity index (χ1v) is 8.07. The van der Waals surface area contributed by atoms with Gasteiger partial charge in [0.2, 0.25) is 0 Å². The number of carbonyl (C=O) groups is 1. The molecular formula is C20H22N2O4. The molecule has 2 rings (SSSR count). The second-order valence-corrected chi connectivity index (χ2v) is 5.44. The molecule has 1 amide bonds. The monoisotopic (exact) mass is 354 g/mol. The van der Waals surface area contributed by atoms with Gasteiger partial charge in [0, 0.05) is 18.7 Å². The van der Waals surface area contributed by atoms with E-state index < -0.39 is 5.91 Å². The number of primary amides is 1. The van der Waals surface area contributed by atoms with E-state index >= 15 is 0 Å². The standard InChI is InChI=1S/C20H22N2O4/c1-3-10-25-17-7-5-4-6-16(17)13-22-12-15-8-9-18(19(11-15)24-2)26-14-20(21)23/h1,4-9,11,22H,10,12-14H2,2H3,(H2,21,23). The van der Waals surface area contributed by atoms with Crippen molar-refractivity contribution in [3.63, 3.8) is 0 Å². The molecule has 2 aromatic carbocycles. The Morgan fingerprint density at radius 2 is 1.92 bits per heavy atom. The molecule has 0 aliphatic carbocycles. The van der Waals surface area contributed by atoms with Crippen LogP contribution in [0.3, 0.4) is 0 Å². The van der Waals surface area contributed by atoms with Crippen molar-refractivity contribution >= 4 is 5.91 Å². The van der Waals surface area contributed by atoms with Gasteiger partial charge >= 0.3 is 0 Å². The Morgan fingerprint density at radius 1 is 1.12 bits per heavy atom. The summed E-state index contributed by atoms with van der Waals surface area (Å²) in [5.74, 6) is 3.71. The smallest absolute Gasteiger partial charge is 0.255 e. The molecule has 0 bridgehead atoms. The third-order valence-electron chi connectivity index (χ3n) is 3.53. The Bertz CT molecular complexity index is 784. The Balaban J connectivity index is 1.96. The third kappa shape index (κ3) is 5.72. The molecule has 0 heterocycles. The fraction of sp³-hybridized carbons (Fsp3) is 0.250. The molecule has 136 valence electrons. The normalized spacial score (nSPS) is 10.0. The predicted octanol–water partition coefficient (Wildman–Crippen LogP) is 1.86. The highest BCUT2D eigenvalue weighted by molar-refractivity contribution is 5.75. The fourth-order valence-corrected chi connectivity index (χ4v) is 2.34. The minimum atomic E-state index is -0.538. The van der Waals surface area contributed by atoms with E-state index in [1.807, 2.05) is 36.4 Å². The summed E-state index contributed by atoms with van der Waals surface area (Å²) in [7, 11) is 1.54. The summed E-state index contributed by atoms with van der Waals surface area (Å²) < 4.78 is 16.2. The topological polar surface area (TPSA) is 82.8 Å². The van der Waals surface area contributed by atoms with Crippen molar-refractivity contribution in [2.24, 2.45) is 5.73 Å². The van der Waals surface area contributed by atoms with Gasteiger partial charge < -0.3 is 25.3 Å². The quantitative estimate of drug-likeness (QED) is 0.637. The summed E-state index contributed by atoms with van der Waals surface area (Å²) in [6.07, 6.45) is 5.24. The van der Waals surface area contributed by atoms with Crippen molar-refractivity contribution in [2.75, 3.05) is 20.3 Å². The summed E-state index contributed by atoms with van der Waals surface area (Å²) in [6, 6.07) is 13.2. The molecule has 0 spiro atoms. The molecule has 0 unspecified atom stereocenters. The number of methoxy groups -OCH3 is 1. The van der Waals surface area contributed by atoms with Crippen molar-refractivity contribution in [3.8, 4) is 29.6 Å². The molecule has 6 heteroatoms. The SMILES string of the molecule is C#CCOc1ccccc1CNCc1ccc(OCC(N)=O)c(OC)c1. The van der Waals surface area contributed by atoms with E-state index in [2.05, 4.69) is 11.2 Å². The number of benzene rings is 2. The number of amides is 1. The molecule has 6 nitrogen and oxygen atoms in total. The minimum absolute atomic E-state index is 0.192. The van der Waals surface area contributed by atoms with Crippen LogP contribution in [-0.4, -0.2) is 26.2 Å². The van der Waals surface area contributed by atoms with Crippen LogP contribution in [-0.2, 0) is 17.9 Å². The molecule has 26 heavy (non-hydrogen) atoms. The molecule has 0 aliphatic rings. The molecule has 2 aromatic rings. The first-order valence-electron chi connectivity index (χ1n) is 8.07. The van der Waals surface area contributed by atoms with Gasteiger partial charge in [0.05, 0.1) is 7.11 Å². The van der Waals surface area contributed by atoms with Gasteiger partial charge in [-0.15, -0.1) is 6.42 Å². The van der Waals surface area contributed by atoms with Crippen molar-refractivity contribution in [1.29, 1.82) is 0 Å². The van der Waals surface area contributed by atoms with Crippen LogP contribution in [0.15, 0.2) is 42.5 Å². The zero-order valence-electron chi connectivity index (χ0n) is 14.7. The maximum atomic E-state index is 10.8. The number of para-hydroxylation sites is 1. The van der Waals surface area contributed by atoms with Crippen molar-refractivity contribution in [2.45, 2.75) is 13.1 Å². The van der Waals surface area contributed by atoms with Crippen LogP contribution in [0.4, 0.5) is 0 Å². The summed E-state index contributed by atoms with van der Waals surface area (Å²) in [6.45, 7) is 1.29. The van der Waals surface area contributed by atoms with Gasteiger partial charge in [0.15, 0.2) is 18.1 Å². The van der Waals surface area contributed by atoms with Gasteiger partial charge in [-0.1, -0.05) is 30.2 Å². The zero-order chi connectivity index (χ0) is 18.8. The molecule has 0 fully saturated rings. The van der Waals surface area contributed by atoms with Crippen molar-refractivity contribution in [3.05, 3.63) is 53.6 Å². The van der Waals surface area contributed by atoms with E-state index in [4.69, 9.17) is 26.4 Å². The van der Waals surface area contributed by atoms with E-state index in [9.17, 15) is 4.79 Å². The molecule has 0 saturated carbocycles. The van der Waals surface area contributed by atoms with Gasteiger partial charge in [-0.3, -0.25) is 4.79 Å². The van der Waals surface area contributed by atoms with Crippen LogP contribution in [0.2, 0.25) is 0 Å². The summed E-state index contributed by atoms with van der Waals surface area (Å²) in [5, 5.41) is 3.35. The number of ether oxygens (including phenoxy) is 3. The van der Waals surface area contributed by atoms with Crippen molar-refractivity contribution < 1.29 is 19.0 Å². The predicted molar refractivity (Wildman–Crippen MR) is 99.0 cm³/mol. The average molecular weight is 354 g/mol. The van der Waals surface area contributed by atoms with Crippen LogP contribution >= 0.6 is 0 Å². The molecule has 0 saturated heterocycles. The minimum Gasteiger partial charge on any atom is -0.493 e. The van der Waals surface area contributed by atoms with Crippen molar-refractivity contribution in [1.82, 2.24) is 5.32 Å². The molecule has 3 N–H and O–H groups in total. The largest absolute Gasteiger partial charge is 0.493 e. The van der Waals surface area contributed by atoms with Crippen LogP contribution in [0.1, 0.15) is 11.1 Å². The van der Waals surface area contributed by atoms with E-state index in [1.54, 1.807) is 13.2 Å². The van der Waals surface area contributed by atoms with Gasteiger partial charge in [-0.05, 0) is 23.8 Å². The molecule has 0 radical (unpaired) electrons. The van der Waals surface area contributed by atoms with E-state index in [0.29, 0.717) is 24.6 Å². The Kier molecular flexibility index (Phi) is 7.34. The lowest BCUT2D eigenvalue weighted by atomic mass is 10.1.